The molecular formula is C15H18BrNOS. The summed E-state index contributed by atoms with van der Waals surface area (Å²) in [6.45, 7) is 5.72. The highest BCUT2D eigenvalue weighted by molar-refractivity contribution is 9.10. The second-order valence-electron chi connectivity index (χ2n) is 4.63. The molecule has 2 rings (SSSR count). The third-order valence-electron chi connectivity index (χ3n) is 2.69. The van der Waals surface area contributed by atoms with Crippen LogP contribution in [0.2, 0.25) is 0 Å². The molecule has 0 fully saturated rings. The average molecular weight is 340 g/mol. The van der Waals surface area contributed by atoms with Gasteiger partial charge in [0.05, 0.1) is 4.47 Å². The summed E-state index contributed by atoms with van der Waals surface area (Å²) >= 11 is 5.29. The number of thiophene rings is 1. The Bertz CT molecular complexity index is 511. The van der Waals surface area contributed by atoms with Crippen LogP contribution in [0.1, 0.15) is 24.3 Å². The molecular weight excluding hydrogens is 322 g/mol. The lowest BCUT2D eigenvalue weighted by Crippen LogP contribution is -2.22. The first-order valence-corrected chi connectivity index (χ1v) is 8.00. The molecule has 0 saturated carbocycles. The van der Waals surface area contributed by atoms with Gasteiger partial charge in [-0.2, -0.15) is 0 Å². The van der Waals surface area contributed by atoms with Gasteiger partial charge in [0.2, 0.25) is 0 Å². The smallest absolute Gasteiger partial charge is 0.138 e. The van der Waals surface area contributed by atoms with Crippen LogP contribution in [0.3, 0.4) is 0 Å². The lowest BCUT2D eigenvalue weighted by atomic mass is 10.2. The van der Waals surface area contributed by atoms with Crippen molar-refractivity contribution in [1.82, 2.24) is 5.32 Å². The molecule has 0 spiro atoms. The standard InChI is InChI=1S/C15H18BrNOS/c1-11(2)17-9-12-5-3-7-14(16)15(12)18-10-13-6-4-8-19-13/h3-8,11,17H,9-10H2,1-2H3. The van der Waals surface area contributed by atoms with Crippen molar-refractivity contribution in [2.75, 3.05) is 0 Å². The maximum Gasteiger partial charge on any atom is 0.138 e. The molecule has 0 atom stereocenters. The van der Waals surface area contributed by atoms with Crippen LogP contribution < -0.4 is 10.1 Å². The van der Waals surface area contributed by atoms with Crippen LogP contribution in [0.25, 0.3) is 0 Å². The van der Waals surface area contributed by atoms with Gasteiger partial charge in [-0.1, -0.05) is 32.0 Å². The number of halogens is 1. The van der Waals surface area contributed by atoms with E-state index in [9.17, 15) is 0 Å². The Morgan fingerprint density at radius 3 is 2.79 bits per heavy atom. The van der Waals surface area contributed by atoms with Crippen LogP contribution in [0, 0.1) is 0 Å². The maximum absolute atomic E-state index is 5.97. The van der Waals surface area contributed by atoms with Gasteiger partial charge in [0.25, 0.3) is 0 Å². The van der Waals surface area contributed by atoms with E-state index >= 15 is 0 Å². The highest BCUT2D eigenvalue weighted by Gasteiger charge is 2.09. The molecule has 2 aromatic rings. The molecule has 0 unspecified atom stereocenters. The summed E-state index contributed by atoms with van der Waals surface area (Å²) < 4.78 is 6.97. The second kappa shape index (κ2) is 7.08. The van der Waals surface area contributed by atoms with Crippen molar-refractivity contribution in [3.63, 3.8) is 0 Å². The van der Waals surface area contributed by atoms with Gasteiger partial charge in [0.1, 0.15) is 12.4 Å². The molecule has 102 valence electrons. The van der Waals surface area contributed by atoms with Crippen molar-refractivity contribution in [3.05, 3.63) is 50.6 Å². The molecule has 0 amide bonds. The second-order valence-corrected chi connectivity index (χ2v) is 6.52. The Hall–Kier alpha value is -0.840. The highest BCUT2D eigenvalue weighted by atomic mass is 79.9. The summed E-state index contributed by atoms with van der Waals surface area (Å²) in [6, 6.07) is 10.8. The SMILES string of the molecule is CC(C)NCc1cccc(Br)c1OCc1cccs1. The van der Waals surface area contributed by atoms with Crippen molar-refractivity contribution in [1.29, 1.82) is 0 Å². The van der Waals surface area contributed by atoms with E-state index in [1.54, 1.807) is 11.3 Å². The molecule has 2 nitrogen and oxygen atoms in total. The lowest BCUT2D eigenvalue weighted by molar-refractivity contribution is 0.303. The van der Waals surface area contributed by atoms with Gasteiger partial charge in [-0.05, 0) is 33.4 Å². The normalized spacial score (nSPS) is 10.9. The Kier molecular flexibility index (Phi) is 5.43. The Labute approximate surface area is 126 Å². The number of para-hydroxylation sites is 1. The van der Waals surface area contributed by atoms with E-state index in [0.717, 1.165) is 16.8 Å². The molecule has 19 heavy (non-hydrogen) atoms. The third-order valence-corrected chi connectivity index (χ3v) is 4.16. The first-order valence-electron chi connectivity index (χ1n) is 6.33. The Balaban J connectivity index is 2.08. The maximum atomic E-state index is 5.97. The van der Waals surface area contributed by atoms with E-state index in [-0.39, 0.29) is 0 Å². The monoisotopic (exact) mass is 339 g/mol. The van der Waals surface area contributed by atoms with Gasteiger partial charge in [0.15, 0.2) is 0 Å². The van der Waals surface area contributed by atoms with Crippen molar-refractivity contribution < 1.29 is 4.74 Å². The van der Waals surface area contributed by atoms with Gasteiger partial charge in [-0.15, -0.1) is 11.3 Å². The molecule has 0 aliphatic rings. The van der Waals surface area contributed by atoms with Crippen LogP contribution >= 0.6 is 27.3 Å². The number of hydrogen-bond donors (Lipinski definition) is 1. The van der Waals surface area contributed by atoms with Crippen molar-refractivity contribution in [2.24, 2.45) is 0 Å². The Morgan fingerprint density at radius 1 is 1.26 bits per heavy atom. The Morgan fingerprint density at radius 2 is 2.11 bits per heavy atom. The summed E-state index contributed by atoms with van der Waals surface area (Å²) in [5.74, 6) is 0.934. The van der Waals surface area contributed by atoms with Crippen molar-refractivity contribution in [3.8, 4) is 5.75 Å². The minimum absolute atomic E-state index is 0.462. The van der Waals surface area contributed by atoms with E-state index < -0.39 is 0 Å². The number of hydrogen-bond acceptors (Lipinski definition) is 3. The third kappa shape index (κ3) is 4.34. The zero-order chi connectivity index (χ0) is 13.7. The molecule has 1 N–H and O–H groups in total. The van der Waals surface area contributed by atoms with E-state index in [4.69, 9.17) is 4.74 Å². The first kappa shape index (κ1) is 14.6. The first-order chi connectivity index (χ1) is 9.16. The molecule has 0 aliphatic carbocycles. The predicted molar refractivity (Wildman–Crippen MR) is 84.8 cm³/mol. The van der Waals surface area contributed by atoms with Gasteiger partial charge >= 0.3 is 0 Å². The minimum Gasteiger partial charge on any atom is -0.487 e. The fourth-order valence-corrected chi connectivity index (χ4v) is 2.84. The zero-order valence-electron chi connectivity index (χ0n) is 11.2. The summed E-state index contributed by atoms with van der Waals surface area (Å²) in [5.41, 5.74) is 1.18. The molecule has 1 heterocycles. The van der Waals surface area contributed by atoms with Crippen LogP contribution in [0.15, 0.2) is 40.2 Å². The summed E-state index contributed by atoms with van der Waals surface area (Å²) in [7, 11) is 0. The molecule has 4 heteroatoms. The van der Waals surface area contributed by atoms with Gasteiger partial charge in [0, 0.05) is 23.0 Å². The summed E-state index contributed by atoms with van der Waals surface area (Å²) in [5, 5.41) is 5.49. The van der Waals surface area contributed by atoms with Crippen LogP contribution in [0.5, 0.6) is 5.75 Å². The number of benzene rings is 1. The van der Waals surface area contributed by atoms with Gasteiger partial charge in [-0.3, -0.25) is 0 Å². The van der Waals surface area contributed by atoms with E-state index in [1.807, 2.05) is 18.2 Å². The fourth-order valence-electron chi connectivity index (χ4n) is 1.71. The molecule has 1 aromatic carbocycles. The van der Waals surface area contributed by atoms with Crippen molar-refractivity contribution in [2.45, 2.75) is 33.0 Å². The molecule has 0 radical (unpaired) electrons. The van der Waals surface area contributed by atoms with Gasteiger partial charge in [-0.25, -0.2) is 0 Å². The zero-order valence-corrected chi connectivity index (χ0v) is 13.6. The van der Waals surface area contributed by atoms with Crippen LogP contribution in [0.4, 0.5) is 0 Å². The average Bonchev–Trinajstić information content (AvgIpc) is 2.88. The fraction of sp³-hybridized carbons (Fsp3) is 0.333. The minimum atomic E-state index is 0.462. The molecule has 0 bridgehead atoms. The largest absolute Gasteiger partial charge is 0.487 e. The predicted octanol–water partition coefficient (Wildman–Crippen LogP) is 4.59. The molecule has 0 aliphatic heterocycles. The van der Waals surface area contributed by atoms with Crippen LogP contribution in [-0.2, 0) is 13.2 Å². The topological polar surface area (TPSA) is 21.3 Å². The van der Waals surface area contributed by atoms with Gasteiger partial charge < -0.3 is 10.1 Å². The summed E-state index contributed by atoms with van der Waals surface area (Å²) in [4.78, 5) is 1.23. The summed E-state index contributed by atoms with van der Waals surface area (Å²) in [6.07, 6.45) is 0. The highest BCUT2D eigenvalue weighted by Crippen LogP contribution is 2.30. The number of rotatable bonds is 6. The van der Waals surface area contributed by atoms with Crippen molar-refractivity contribution >= 4 is 27.3 Å². The van der Waals surface area contributed by atoms with E-state index in [2.05, 4.69) is 52.6 Å². The van der Waals surface area contributed by atoms with E-state index in [1.165, 1.54) is 10.4 Å². The molecule has 0 saturated heterocycles. The quantitative estimate of drug-likeness (QED) is 0.831. The number of nitrogens with one attached hydrogen (secondary N) is 1. The van der Waals surface area contributed by atoms with Crippen LogP contribution in [-0.4, -0.2) is 6.04 Å². The lowest BCUT2D eigenvalue weighted by Gasteiger charge is -2.14. The molecule has 1 aromatic heterocycles. The van der Waals surface area contributed by atoms with E-state index in [0.29, 0.717) is 12.6 Å². The number of ether oxygens (including phenoxy) is 1.